The number of nitrogens with zero attached hydrogens (tertiary/aromatic N) is 1. The van der Waals surface area contributed by atoms with Crippen LogP contribution >= 0.6 is 0 Å². The lowest BCUT2D eigenvalue weighted by Crippen LogP contribution is -2.08. The van der Waals surface area contributed by atoms with Gasteiger partial charge in [0, 0.05) is 11.8 Å². The Morgan fingerprint density at radius 3 is 2.67 bits per heavy atom. The number of halogens is 3. The minimum atomic E-state index is -4.46. The summed E-state index contributed by atoms with van der Waals surface area (Å²) < 4.78 is 42.9. The van der Waals surface area contributed by atoms with Gasteiger partial charge in [0.05, 0.1) is 5.56 Å². The van der Waals surface area contributed by atoms with Gasteiger partial charge in [0.2, 0.25) is 0 Å². The van der Waals surface area contributed by atoms with Gasteiger partial charge < -0.3 is 9.84 Å². The van der Waals surface area contributed by atoms with Crippen molar-refractivity contribution in [3.63, 3.8) is 0 Å². The van der Waals surface area contributed by atoms with Crippen LogP contribution in [0.15, 0.2) is 42.6 Å². The first-order valence-corrected chi connectivity index (χ1v) is 5.85. The molecule has 0 amide bonds. The number of aromatic carboxylic acids is 1. The average Bonchev–Trinajstić information content (AvgIpc) is 2.45. The molecule has 4 nitrogen and oxygen atoms in total. The maximum Gasteiger partial charge on any atom is 0.416 e. The molecule has 7 heteroatoms. The number of alkyl halides is 3. The molecule has 2 aromatic rings. The van der Waals surface area contributed by atoms with Gasteiger partial charge in [0.1, 0.15) is 12.4 Å². The molecule has 2 rings (SSSR count). The lowest BCUT2D eigenvalue weighted by atomic mass is 10.2. The number of carboxylic acid groups (broad SMARTS) is 1. The molecule has 0 spiro atoms. The molecule has 0 bridgehead atoms. The molecule has 0 aliphatic rings. The lowest BCUT2D eigenvalue weighted by Gasteiger charge is -2.11. The monoisotopic (exact) mass is 297 g/mol. The number of aromatic nitrogens is 1. The van der Waals surface area contributed by atoms with Crippen LogP contribution in [0, 0.1) is 0 Å². The van der Waals surface area contributed by atoms with E-state index in [9.17, 15) is 18.0 Å². The largest absolute Gasteiger partial charge is 0.489 e. The summed E-state index contributed by atoms with van der Waals surface area (Å²) >= 11 is 0. The SMILES string of the molecule is O=C(O)c1ncccc1COc1cccc(C(F)(F)F)c1. The molecular formula is C14H10F3NO3. The Hall–Kier alpha value is -2.57. The maximum absolute atomic E-state index is 12.6. The summed E-state index contributed by atoms with van der Waals surface area (Å²) in [6.45, 7) is -0.184. The Morgan fingerprint density at radius 1 is 1.24 bits per heavy atom. The molecule has 0 aliphatic carbocycles. The van der Waals surface area contributed by atoms with Gasteiger partial charge in [-0.1, -0.05) is 12.1 Å². The van der Waals surface area contributed by atoms with Gasteiger partial charge in [-0.05, 0) is 24.3 Å². The quantitative estimate of drug-likeness (QED) is 0.940. The third-order valence-electron chi connectivity index (χ3n) is 2.65. The highest BCUT2D eigenvalue weighted by Gasteiger charge is 2.30. The highest BCUT2D eigenvalue weighted by Crippen LogP contribution is 2.31. The van der Waals surface area contributed by atoms with Crippen LogP contribution in [-0.2, 0) is 12.8 Å². The summed E-state index contributed by atoms with van der Waals surface area (Å²) in [5.41, 5.74) is -0.739. The molecule has 21 heavy (non-hydrogen) atoms. The summed E-state index contributed by atoms with van der Waals surface area (Å²) in [4.78, 5) is 14.6. The second-order valence-electron chi connectivity index (χ2n) is 4.13. The van der Waals surface area contributed by atoms with Gasteiger partial charge in [0.25, 0.3) is 0 Å². The zero-order valence-electron chi connectivity index (χ0n) is 10.6. The number of ether oxygens (including phenoxy) is 1. The summed E-state index contributed by atoms with van der Waals surface area (Å²) in [5, 5.41) is 8.95. The first-order chi connectivity index (χ1) is 9.88. The van der Waals surface area contributed by atoms with E-state index in [1.807, 2.05) is 0 Å². The van der Waals surface area contributed by atoms with Crippen LogP contribution in [0.2, 0.25) is 0 Å². The summed E-state index contributed by atoms with van der Waals surface area (Å²) in [5.74, 6) is -1.22. The van der Waals surface area contributed by atoms with E-state index >= 15 is 0 Å². The third kappa shape index (κ3) is 3.71. The molecular weight excluding hydrogens is 287 g/mol. The van der Waals surface area contributed by atoms with E-state index in [1.54, 1.807) is 0 Å². The fourth-order valence-corrected chi connectivity index (χ4v) is 1.67. The smallest absolute Gasteiger partial charge is 0.416 e. The van der Waals surface area contributed by atoms with Crippen molar-refractivity contribution >= 4 is 5.97 Å². The number of hydrogen-bond acceptors (Lipinski definition) is 3. The molecule has 0 saturated carbocycles. The predicted molar refractivity (Wildman–Crippen MR) is 67.0 cm³/mol. The number of benzene rings is 1. The Bertz CT molecular complexity index is 656. The van der Waals surface area contributed by atoms with Gasteiger partial charge in [-0.2, -0.15) is 13.2 Å². The summed E-state index contributed by atoms with van der Waals surface area (Å²) in [6, 6.07) is 7.39. The van der Waals surface area contributed by atoms with Crippen molar-refractivity contribution in [3.05, 3.63) is 59.4 Å². The van der Waals surface area contributed by atoms with E-state index in [0.29, 0.717) is 0 Å². The molecule has 1 heterocycles. The van der Waals surface area contributed by atoms with Crippen molar-refractivity contribution in [2.24, 2.45) is 0 Å². The van der Waals surface area contributed by atoms with Gasteiger partial charge in [-0.25, -0.2) is 9.78 Å². The first kappa shape index (κ1) is 14.8. The lowest BCUT2D eigenvalue weighted by molar-refractivity contribution is -0.137. The van der Waals surface area contributed by atoms with E-state index < -0.39 is 17.7 Å². The van der Waals surface area contributed by atoms with E-state index in [-0.39, 0.29) is 23.6 Å². The standard InChI is InChI=1S/C14H10F3NO3/c15-14(16,17)10-4-1-5-11(7-10)21-8-9-3-2-6-18-12(9)13(19)20/h1-7H,8H2,(H,19,20). The van der Waals surface area contributed by atoms with Crippen molar-refractivity contribution in [2.45, 2.75) is 12.8 Å². The fourth-order valence-electron chi connectivity index (χ4n) is 1.67. The van der Waals surface area contributed by atoms with Crippen LogP contribution in [0.1, 0.15) is 21.6 Å². The molecule has 0 saturated heterocycles. The van der Waals surface area contributed by atoms with Crippen LogP contribution in [0.3, 0.4) is 0 Å². The van der Waals surface area contributed by atoms with E-state index in [4.69, 9.17) is 9.84 Å². The highest BCUT2D eigenvalue weighted by atomic mass is 19.4. The van der Waals surface area contributed by atoms with Gasteiger partial charge in [-0.3, -0.25) is 0 Å². The number of carboxylic acids is 1. The predicted octanol–water partition coefficient (Wildman–Crippen LogP) is 3.38. The molecule has 1 N–H and O–H groups in total. The molecule has 0 atom stereocenters. The van der Waals surface area contributed by atoms with Gasteiger partial charge in [-0.15, -0.1) is 0 Å². The Kier molecular flexibility index (Phi) is 4.11. The van der Waals surface area contributed by atoms with Crippen molar-refractivity contribution in [1.82, 2.24) is 4.98 Å². The molecule has 0 fully saturated rings. The molecule has 0 unspecified atom stereocenters. The minimum Gasteiger partial charge on any atom is -0.489 e. The molecule has 0 aliphatic heterocycles. The van der Waals surface area contributed by atoms with E-state index in [2.05, 4.69) is 4.98 Å². The van der Waals surface area contributed by atoms with E-state index in [1.165, 1.54) is 30.5 Å². The van der Waals surface area contributed by atoms with E-state index in [0.717, 1.165) is 12.1 Å². The Balaban J connectivity index is 2.16. The van der Waals surface area contributed by atoms with Crippen molar-refractivity contribution in [2.75, 3.05) is 0 Å². The second-order valence-corrected chi connectivity index (χ2v) is 4.13. The normalized spacial score (nSPS) is 11.2. The van der Waals surface area contributed by atoms with Crippen LogP contribution in [0.25, 0.3) is 0 Å². The summed E-state index contributed by atoms with van der Waals surface area (Å²) in [6.07, 6.45) is -3.14. The average molecular weight is 297 g/mol. The molecule has 0 radical (unpaired) electrons. The number of hydrogen-bond donors (Lipinski definition) is 1. The van der Waals surface area contributed by atoms with Crippen molar-refractivity contribution in [3.8, 4) is 5.75 Å². The molecule has 110 valence electrons. The number of pyridine rings is 1. The van der Waals surface area contributed by atoms with Crippen molar-refractivity contribution in [1.29, 1.82) is 0 Å². The fraction of sp³-hybridized carbons (Fsp3) is 0.143. The van der Waals surface area contributed by atoms with Crippen LogP contribution in [-0.4, -0.2) is 16.1 Å². The number of rotatable bonds is 4. The highest BCUT2D eigenvalue weighted by molar-refractivity contribution is 5.86. The number of carbonyl (C=O) groups is 1. The van der Waals surface area contributed by atoms with Crippen LogP contribution in [0.4, 0.5) is 13.2 Å². The van der Waals surface area contributed by atoms with Crippen LogP contribution in [0.5, 0.6) is 5.75 Å². The first-order valence-electron chi connectivity index (χ1n) is 5.85. The Morgan fingerprint density at radius 2 is 2.00 bits per heavy atom. The minimum absolute atomic E-state index is 0.00465. The summed E-state index contributed by atoms with van der Waals surface area (Å²) in [7, 11) is 0. The zero-order valence-corrected chi connectivity index (χ0v) is 10.6. The van der Waals surface area contributed by atoms with Crippen LogP contribution < -0.4 is 4.74 Å². The van der Waals surface area contributed by atoms with Gasteiger partial charge >= 0.3 is 12.1 Å². The van der Waals surface area contributed by atoms with Crippen molar-refractivity contribution < 1.29 is 27.8 Å². The topological polar surface area (TPSA) is 59.4 Å². The second kappa shape index (κ2) is 5.82. The zero-order chi connectivity index (χ0) is 15.5. The molecule has 1 aromatic heterocycles. The van der Waals surface area contributed by atoms with Gasteiger partial charge in [0.15, 0.2) is 5.69 Å². The maximum atomic E-state index is 12.6. The Labute approximate surface area is 117 Å². The third-order valence-corrected chi connectivity index (χ3v) is 2.65. The molecule has 1 aromatic carbocycles.